The third-order valence-electron chi connectivity index (χ3n) is 6.99. The fourth-order valence-electron chi connectivity index (χ4n) is 6.20. The Kier molecular flexibility index (Phi) is 2.61. The van der Waals surface area contributed by atoms with E-state index < -0.39 is 0 Å². The van der Waals surface area contributed by atoms with Crippen molar-refractivity contribution in [3.8, 4) is 0 Å². The van der Waals surface area contributed by atoms with Gasteiger partial charge in [0.25, 0.3) is 0 Å². The van der Waals surface area contributed by atoms with Gasteiger partial charge in [0, 0.05) is 12.7 Å². The molecule has 22 heavy (non-hydrogen) atoms. The number of carbonyl (C=O) groups is 1. The van der Waals surface area contributed by atoms with Crippen LogP contribution in [0.1, 0.15) is 57.1 Å². The highest BCUT2D eigenvalue weighted by Gasteiger charge is 2.54. The van der Waals surface area contributed by atoms with Gasteiger partial charge in [-0.05, 0) is 74.5 Å². The molecule has 1 aromatic rings. The fourth-order valence-corrected chi connectivity index (χ4v) is 6.20. The molecule has 0 atom stereocenters. The molecule has 0 radical (unpaired) electrons. The van der Waals surface area contributed by atoms with Gasteiger partial charge in [-0.2, -0.15) is 0 Å². The monoisotopic (exact) mass is 299 g/mol. The lowest BCUT2D eigenvalue weighted by Crippen LogP contribution is -2.52. The Morgan fingerprint density at radius 3 is 2.32 bits per heavy atom. The minimum absolute atomic E-state index is 0.229. The van der Waals surface area contributed by atoms with Crippen LogP contribution in [0.15, 0.2) is 12.5 Å². The van der Waals surface area contributed by atoms with E-state index in [0.717, 1.165) is 42.8 Å². The van der Waals surface area contributed by atoms with Crippen molar-refractivity contribution in [2.75, 3.05) is 6.54 Å². The maximum Gasteiger partial charge on any atom is 0.232 e. The zero-order valence-corrected chi connectivity index (χ0v) is 13.1. The second kappa shape index (κ2) is 4.36. The summed E-state index contributed by atoms with van der Waals surface area (Å²) >= 11 is 0. The van der Waals surface area contributed by atoms with E-state index in [4.69, 9.17) is 0 Å². The number of imidazole rings is 1. The molecule has 6 rings (SSSR count). The Hall–Kier alpha value is -1.32. The Morgan fingerprint density at radius 2 is 1.82 bits per heavy atom. The van der Waals surface area contributed by atoms with Crippen molar-refractivity contribution >= 4 is 5.91 Å². The topological polar surface area (TPSA) is 57.8 Å². The van der Waals surface area contributed by atoms with Gasteiger partial charge in [-0.15, -0.1) is 0 Å². The summed E-state index contributed by atoms with van der Waals surface area (Å²) in [5.74, 6) is 3.08. The van der Waals surface area contributed by atoms with Gasteiger partial charge in [0.2, 0.25) is 5.91 Å². The molecule has 4 nitrogen and oxygen atoms in total. The number of nitrogens with one attached hydrogen (secondary N) is 2. The van der Waals surface area contributed by atoms with Gasteiger partial charge < -0.3 is 10.3 Å². The molecule has 1 aromatic heterocycles. The highest BCUT2D eigenvalue weighted by atomic mass is 16.2. The van der Waals surface area contributed by atoms with E-state index in [9.17, 15) is 4.79 Å². The SMILES string of the molecule is O=C(NCC12CC3CC(CC(C3)C1)C2)C1(c2cnc[nH]2)CC1. The van der Waals surface area contributed by atoms with Crippen molar-refractivity contribution < 1.29 is 4.79 Å². The molecule has 4 heteroatoms. The first kappa shape index (κ1) is 13.1. The first-order chi connectivity index (χ1) is 10.7. The molecular formula is C18H25N3O. The molecule has 1 amide bonds. The molecule has 5 aliphatic rings. The summed E-state index contributed by atoms with van der Waals surface area (Å²) in [5, 5.41) is 3.34. The van der Waals surface area contributed by atoms with E-state index in [-0.39, 0.29) is 11.3 Å². The molecule has 5 fully saturated rings. The van der Waals surface area contributed by atoms with E-state index in [0.29, 0.717) is 5.41 Å². The van der Waals surface area contributed by atoms with Gasteiger partial charge in [-0.25, -0.2) is 4.98 Å². The minimum atomic E-state index is -0.293. The standard InChI is InChI=1S/C18H25N3O/c22-16(18(1-2-18)15-9-19-11-21-15)20-10-17-6-12-3-13(7-17)5-14(4-12)8-17/h9,11-14H,1-8,10H2,(H,19,21)(H,20,22). The first-order valence-corrected chi connectivity index (χ1v) is 8.95. The second-order valence-corrected chi connectivity index (χ2v) is 8.65. The molecule has 4 bridgehead atoms. The third-order valence-corrected chi connectivity index (χ3v) is 6.99. The summed E-state index contributed by atoms with van der Waals surface area (Å²) in [6, 6.07) is 0. The number of H-pyrrole nitrogens is 1. The number of aromatic amines is 1. The normalized spacial score (nSPS) is 40.6. The van der Waals surface area contributed by atoms with Crippen molar-refractivity contribution in [2.45, 2.75) is 56.8 Å². The molecule has 5 aliphatic carbocycles. The molecule has 1 heterocycles. The highest BCUT2D eigenvalue weighted by molar-refractivity contribution is 5.90. The molecule has 2 N–H and O–H groups in total. The van der Waals surface area contributed by atoms with Gasteiger partial charge >= 0.3 is 0 Å². The molecule has 0 aliphatic heterocycles. The van der Waals surface area contributed by atoms with Crippen LogP contribution in [-0.2, 0) is 10.2 Å². The van der Waals surface area contributed by atoms with Crippen molar-refractivity contribution in [1.29, 1.82) is 0 Å². The van der Waals surface area contributed by atoms with Crippen LogP contribution in [0.2, 0.25) is 0 Å². The van der Waals surface area contributed by atoms with E-state index in [1.807, 2.05) is 6.20 Å². The molecule has 0 spiro atoms. The Morgan fingerprint density at radius 1 is 1.18 bits per heavy atom. The smallest absolute Gasteiger partial charge is 0.232 e. The number of rotatable bonds is 4. The van der Waals surface area contributed by atoms with Crippen LogP contribution >= 0.6 is 0 Å². The van der Waals surface area contributed by atoms with Gasteiger partial charge in [0.05, 0.1) is 17.4 Å². The lowest BCUT2D eigenvalue weighted by atomic mass is 9.49. The summed E-state index contributed by atoms with van der Waals surface area (Å²) in [4.78, 5) is 20.0. The number of hydrogen-bond donors (Lipinski definition) is 2. The Balaban J connectivity index is 1.29. The summed E-state index contributed by atoms with van der Waals surface area (Å²) in [6.07, 6.45) is 13.9. The number of aromatic nitrogens is 2. The lowest BCUT2D eigenvalue weighted by Gasteiger charge is -2.57. The van der Waals surface area contributed by atoms with Gasteiger partial charge in [0.15, 0.2) is 0 Å². The van der Waals surface area contributed by atoms with Crippen LogP contribution in [0, 0.1) is 23.2 Å². The zero-order valence-electron chi connectivity index (χ0n) is 13.1. The average molecular weight is 299 g/mol. The van der Waals surface area contributed by atoms with Crippen LogP contribution < -0.4 is 5.32 Å². The summed E-state index contributed by atoms with van der Waals surface area (Å²) in [5.41, 5.74) is 1.13. The van der Waals surface area contributed by atoms with Crippen molar-refractivity contribution in [1.82, 2.24) is 15.3 Å². The average Bonchev–Trinajstić information content (AvgIpc) is 3.10. The Bertz CT molecular complexity index is 552. The quantitative estimate of drug-likeness (QED) is 0.898. The largest absolute Gasteiger partial charge is 0.355 e. The zero-order chi connectivity index (χ0) is 14.8. The third kappa shape index (κ3) is 1.88. The predicted octanol–water partition coefficient (Wildman–Crippen LogP) is 2.77. The summed E-state index contributed by atoms with van der Waals surface area (Å²) in [7, 11) is 0. The molecule has 5 saturated carbocycles. The maximum atomic E-state index is 12.8. The predicted molar refractivity (Wildman–Crippen MR) is 83.1 cm³/mol. The number of hydrogen-bond acceptors (Lipinski definition) is 2. The van der Waals surface area contributed by atoms with Crippen LogP contribution in [-0.4, -0.2) is 22.4 Å². The van der Waals surface area contributed by atoms with Crippen molar-refractivity contribution in [2.24, 2.45) is 23.2 Å². The number of carbonyl (C=O) groups excluding carboxylic acids is 1. The second-order valence-electron chi connectivity index (χ2n) is 8.65. The van der Waals surface area contributed by atoms with Gasteiger partial charge in [-0.1, -0.05) is 0 Å². The Labute approximate surface area is 131 Å². The van der Waals surface area contributed by atoms with E-state index >= 15 is 0 Å². The maximum absolute atomic E-state index is 12.8. The van der Waals surface area contributed by atoms with Crippen molar-refractivity contribution in [3.63, 3.8) is 0 Å². The number of nitrogens with zero attached hydrogens (tertiary/aromatic N) is 1. The van der Waals surface area contributed by atoms with E-state index in [2.05, 4.69) is 15.3 Å². The van der Waals surface area contributed by atoms with Crippen LogP contribution in [0.25, 0.3) is 0 Å². The molecule has 0 saturated heterocycles. The van der Waals surface area contributed by atoms with Crippen LogP contribution in [0.5, 0.6) is 0 Å². The summed E-state index contributed by atoms with van der Waals surface area (Å²) in [6.45, 7) is 0.908. The fraction of sp³-hybridized carbons (Fsp3) is 0.778. The van der Waals surface area contributed by atoms with Crippen LogP contribution in [0.4, 0.5) is 0 Å². The van der Waals surface area contributed by atoms with Gasteiger partial charge in [0.1, 0.15) is 0 Å². The number of amides is 1. The molecular weight excluding hydrogens is 274 g/mol. The van der Waals surface area contributed by atoms with E-state index in [1.54, 1.807) is 6.33 Å². The molecule has 118 valence electrons. The molecule has 0 unspecified atom stereocenters. The minimum Gasteiger partial charge on any atom is -0.355 e. The highest BCUT2D eigenvalue weighted by Crippen LogP contribution is 2.59. The van der Waals surface area contributed by atoms with Gasteiger partial charge in [-0.3, -0.25) is 4.79 Å². The molecule has 0 aromatic carbocycles. The first-order valence-electron chi connectivity index (χ1n) is 8.95. The summed E-state index contributed by atoms with van der Waals surface area (Å²) < 4.78 is 0. The lowest BCUT2D eigenvalue weighted by molar-refractivity contribution is -0.125. The van der Waals surface area contributed by atoms with Crippen molar-refractivity contribution in [3.05, 3.63) is 18.2 Å². The van der Waals surface area contributed by atoms with E-state index in [1.165, 1.54) is 38.5 Å². The van der Waals surface area contributed by atoms with Crippen LogP contribution in [0.3, 0.4) is 0 Å².